The average Bonchev–Trinajstić information content (AvgIpc) is 2.86. The third-order valence-electron chi connectivity index (χ3n) is 3.26. The van der Waals surface area contributed by atoms with Crippen LogP contribution in [0.2, 0.25) is 0 Å². The summed E-state index contributed by atoms with van der Waals surface area (Å²) in [5.74, 6) is 0.663. The fourth-order valence-corrected chi connectivity index (χ4v) is 2.38. The van der Waals surface area contributed by atoms with E-state index in [2.05, 4.69) is 5.32 Å². The summed E-state index contributed by atoms with van der Waals surface area (Å²) < 4.78 is 10.2. The molecule has 1 aliphatic rings. The van der Waals surface area contributed by atoms with E-state index in [0.29, 0.717) is 6.54 Å². The van der Waals surface area contributed by atoms with Crippen LogP contribution in [0.25, 0.3) is 0 Å². The molecule has 1 aromatic rings. The first-order chi connectivity index (χ1) is 8.27. The maximum absolute atomic E-state index is 11.7. The van der Waals surface area contributed by atoms with Crippen LogP contribution < -0.4 is 10.1 Å². The van der Waals surface area contributed by atoms with Crippen LogP contribution in [0.3, 0.4) is 0 Å². The molecule has 2 atom stereocenters. The number of ether oxygens (including phenoxy) is 2. The number of hydrogen-bond acceptors (Lipinski definition) is 4. The summed E-state index contributed by atoms with van der Waals surface area (Å²) in [6.07, 6.45) is 0. The minimum Gasteiger partial charge on any atom is -0.496 e. The first-order valence-corrected chi connectivity index (χ1v) is 5.69. The molecule has 0 aliphatic carbocycles. The number of carbonyl (C=O) groups is 1. The molecule has 1 saturated heterocycles. The predicted molar refractivity (Wildman–Crippen MR) is 64.1 cm³/mol. The molecule has 1 heterocycles. The van der Waals surface area contributed by atoms with E-state index in [9.17, 15) is 4.79 Å². The molecule has 2 rings (SSSR count). The largest absolute Gasteiger partial charge is 0.496 e. The minimum atomic E-state index is -0.161. The summed E-state index contributed by atoms with van der Waals surface area (Å²) in [4.78, 5) is 11.7. The van der Waals surface area contributed by atoms with Gasteiger partial charge in [-0.25, -0.2) is 0 Å². The zero-order valence-corrected chi connectivity index (χ0v) is 10.1. The van der Waals surface area contributed by atoms with Crippen LogP contribution in [0.4, 0.5) is 0 Å². The SMILES string of the molecule is COC(=O)[C@@H]1CNC[C@H]1c1ccccc1OC. The number of carbonyl (C=O) groups excluding carboxylic acids is 1. The van der Waals surface area contributed by atoms with Crippen LogP contribution in [-0.4, -0.2) is 33.3 Å². The molecule has 0 saturated carbocycles. The lowest BCUT2D eigenvalue weighted by atomic mass is 9.88. The van der Waals surface area contributed by atoms with Crippen LogP contribution in [0.1, 0.15) is 11.5 Å². The molecule has 92 valence electrons. The summed E-state index contributed by atoms with van der Waals surface area (Å²) in [6, 6.07) is 7.82. The van der Waals surface area contributed by atoms with Gasteiger partial charge in [-0.1, -0.05) is 18.2 Å². The lowest BCUT2D eigenvalue weighted by Crippen LogP contribution is -2.23. The summed E-state index contributed by atoms with van der Waals surface area (Å²) in [7, 11) is 3.08. The van der Waals surface area contributed by atoms with E-state index in [1.54, 1.807) is 7.11 Å². The van der Waals surface area contributed by atoms with Crippen LogP contribution >= 0.6 is 0 Å². The van der Waals surface area contributed by atoms with Crippen molar-refractivity contribution in [1.82, 2.24) is 5.32 Å². The van der Waals surface area contributed by atoms with Crippen molar-refractivity contribution in [2.75, 3.05) is 27.3 Å². The van der Waals surface area contributed by atoms with Crippen LogP contribution in [0.5, 0.6) is 5.75 Å². The summed E-state index contributed by atoms with van der Waals surface area (Å²) in [6.45, 7) is 1.44. The van der Waals surface area contributed by atoms with Gasteiger partial charge in [0.15, 0.2) is 0 Å². The Morgan fingerprint density at radius 3 is 2.76 bits per heavy atom. The zero-order chi connectivity index (χ0) is 12.3. The maximum Gasteiger partial charge on any atom is 0.310 e. The molecule has 1 aromatic carbocycles. The van der Waals surface area contributed by atoms with E-state index < -0.39 is 0 Å². The average molecular weight is 235 g/mol. The van der Waals surface area contributed by atoms with Gasteiger partial charge in [-0.05, 0) is 11.6 Å². The lowest BCUT2D eigenvalue weighted by Gasteiger charge is -2.19. The molecule has 0 bridgehead atoms. The van der Waals surface area contributed by atoms with Gasteiger partial charge in [0.1, 0.15) is 5.75 Å². The smallest absolute Gasteiger partial charge is 0.310 e. The number of hydrogen-bond donors (Lipinski definition) is 1. The predicted octanol–water partition coefficient (Wildman–Crippen LogP) is 1.17. The molecule has 1 aliphatic heterocycles. The molecule has 0 unspecified atom stereocenters. The van der Waals surface area contributed by atoms with E-state index >= 15 is 0 Å². The fraction of sp³-hybridized carbons (Fsp3) is 0.462. The quantitative estimate of drug-likeness (QED) is 0.799. The molecule has 0 aromatic heterocycles. The highest BCUT2D eigenvalue weighted by Crippen LogP contribution is 2.34. The minimum absolute atomic E-state index is 0.124. The van der Waals surface area contributed by atoms with Crippen molar-refractivity contribution in [3.63, 3.8) is 0 Å². The number of rotatable bonds is 3. The molecule has 1 N–H and O–H groups in total. The third kappa shape index (κ3) is 2.26. The van der Waals surface area contributed by atoms with Gasteiger partial charge in [0, 0.05) is 19.0 Å². The van der Waals surface area contributed by atoms with E-state index in [1.165, 1.54) is 7.11 Å². The van der Waals surface area contributed by atoms with Gasteiger partial charge < -0.3 is 14.8 Å². The normalized spacial score (nSPS) is 23.4. The number of benzene rings is 1. The molecular weight excluding hydrogens is 218 g/mol. The number of methoxy groups -OCH3 is 2. The molecule has 4 nitrogen and oxygen atoms in total. The zero-order valence-electron chi connectivity index (χ0n) is 10.1. The van der Waals surface area contributed by atoms with E-state index in [1.807, 2.05) is 24.3 Å². The van der Waals surface area contributed by atoms with Crippen LogP contribution in [-0.2, 0) is 9.53 Å². The number of nitrogens with one attached hydrogen (secondary N) is 1. The standard InChI is InChI=1S/C13H17NO3/c1-16-12-6-4-3-5-9(12)10-7-14-8-11(10)13(15)17-2/h3-6,10-11,14H,7-8H2,1-2H3/t10-,11+/m0/s1. The highest BCUT2D eigenvalue weighted by atomic mass is 16.5. The van der Waals surface area contributed by atoms with E-state index in [-0.39, 0.29) is 17.8 Å². The summed E-state index contributed by atoms with van der Waals surface area (Å²) in [5, 5.41) is 3.23. The van der Waals surface area contributed by atoms with Crippen molar-refractivity contribution in [3.8, 4) is 5.75 Å². The Bertz CT molecular complexity index is 405. The van der Waals surface area contributed by atoms with Crippen molar-refractivity contribution >= 4 is 5.97 Å². The molecule has 1 fully saturated rings. The van der Waals surface area contributed by atoms with Crippen molar-refractivity contribution < 1.29 is 14.3 Å². The van der Waals surface area contributed by atoms with Crippen molar-refractivity contribution in [2.24, 2.45) is 5.92 Å². The Balaban J connectivity index is 2.29. The van der Waals surface area contributed by atoms with Gasteiger partial charge in [-0.2, -0.15) is 0 Å². The topological polar surface area (TPSA) is 47.6 Å². The highest BCUT2D eigenvalue weighted by molar-refractivity contribution is 5.74. The van der Waals surface area contributed by atoms with Crippen molar-refractivity contribution in [3.05, 3.63) is 29.8 Å². The Hall–Kier alpha value is -1.55. The van der Waals surface area contributed by atoms with Gasteiger partial charge in [0.2, 0.25) is 0 Å². The molecule has 17 heavy (non-hydrogen) atoms. The third-order valence-corrected chi connectivity index (χ3v) is 3.26. The van der Waals surface area contributed by atoms with E-state index in [4.69, 9.17) is 9.47 Å². The van der Waals surface area contributed by atoms with Crippen molar-refractivity contribution in [1.29, 1.82) is 0 Å². The fourth-order valence-electron chi connectivity index (χ4n) is 2.38. The second-order valence-corrected chi connectivity index (χ2v) is 4.14. The van der Waals surface area contributed by atoms with Crippen molar-refractivity contribution in [2.45, 2.75) is 5.92 Å². The second-order valence-electron chi connectivity index (χ2n) is 4.14. The van der Waals surface area contributed by atoms with Gasteiger partial charge in [-0.15, -0.1) is 0 Å². The van der Waals surface area contributed by atoms with Gasteiger partial charge in [0.05, 0.1) is 20.1 Å². The Labute approximate surface area is 101 Å². The first kappa shape index (κ1) is 11.9. The van der Waals surface area contributed by atoms with Gasteiger partial charge in [0.25, 0.3) is 0 Å². The second kappa shape index (κ2) is 5.19. The lowest BCUT2D eigenvalue weighted by molar-refractivity contribution is -0.145. The molecule has 4 heteroatoms. The molecule has 0 radical (unpaired) electrons. The highest BCUT2D eigenvalue weighted by Gasteiger charge is 2.36. The Morgan fingerprint density at radius 2 is 2.06 bits per heavy atom. The number of para-hydroxylation sites is 1. The van der Waals surface area contributed by atoms with E-state index in [0.717, 1.165) is 17.9 Å². The number of esters is 1. The first-order valence-electron chi connectivity index (χ1n) is 5.69. The maximum atomic E-state index is 11.7. The van der Waals surface area contributed by atoms with Gasteiger partial charge >= 0.3 is 5.97 Å². The van der Waals surface area contributed by atoms with Crippen LogP contribution in [0, 0.1) is 5.92 Å². The van der Waals surface area contributed by atoms with Crippen LogP contribution in [0.15, 0.2) is 24.3 Å². The summed E-state index contributed by atoms with van der Waals surface area (Å²) >= 11 is 0. The summed E-state index contributed by atoms with van der Waals surface area (Å²) in [5.41, 5.74) is 1.07. The Morgan fingerprint density at radius 1 is 1.29 bits per heavy atom. The van der Waals surface area contributed by atoms with Gasteiger partial charge in [-0.3, -0.25) is 4.79 Å². The monoisotopic (exact) mass is 235 g/mol. The Kier molecular flexibility index (Phi) is 3.64. The molecule has 0 spiro atoms. The molecular formula is C13H17NO3. The molecule has 0 amide bonds.